The normalized spacial score (nSPS) is 11.6. The molecular weight excluding hydrogens is 256 g/mol. The lowest BCUT2D eigenvalue weighted by atomic mass is 10.1. The van der Waals surface area contributed by atoms with Gasteiger partial charge in [0, 0.05) is 28.3 Å². The summed E-state index contributed by atoms with van der Waals surface area (Å²) in [6.07, 6.45) is 3.94. The van der Waals surface area contributed by atoms with Gasteiger partial charge in [-0.3, -0.25) is 0 Å². The number of aromatic nitrogens is 1. The predicted octanol–water partition coefficient (Wildman–Crippen LogP) is 3.80. The third-order valence-corrected chi connectivity index (χ3v) is 4.47. The van der Waals surface area contributed by atoms with Crippen molar-refractivity contribution < 1.29 is 4.74 Å². The molecule has 4 heteroatoms. The van der Waals surface area contributed by atoms with Crippen LogP contribution in [0.3, 0.4) is 0 Å². The molecule has 0 atom stereocenters. The van der Waals surface area contributed by atoms with E-state index in [0.29, 0.717) is 0 Å². The number of methoxy groups -OCH3 is 1. The van der Waals surface area contributed by atoms with E-state index in [1.807, 2.05) is 36.2 Å². The van der Waals surface area contributed by atoms with Crippen LogP contribution in [0, 0.1) is 0 Å². The molecule has 3 nitrogen and oxygen atoms in total. The molecular formula is C15H20N2OS. The zero-order valence-electron chi connectivity index (χ0n) is 11.9. The van der Waals surface area contributed by atoms with Crippen molar-refractivity contribution in [3.05, 3.63) is 30.5 Å². The Kier molecular flexibility index (Phi) is 4.20. The summed E-state index contributed by atoms with van der Waals surface area (Å²) >= 11 is 1.84. The minimum absolute atomic E-state index is 0.183. The molecule has 19 heavy (non-hydrogen) atoms. The summed E-state index contributed by atoms with van der Waals surface area (Å²) in [6, 6.07) is 8.02. The summed E-state index contributed by atoms with van der Waals surface area (Å²) in [5, 5.41) is 5.63. The topological polar surface area (TPSA) is 34.1 Å². The number of rotatable bonds is 5. The summed E-state index contributed by atoms with van der Waals surface area (Å²) in [5.41, 5.74) is 0. The van der Waals surface area contributed by atoms with Crippen molar-refractivity contribution in [3.63, 3.8) is 0 Å². The highest BCUT2D eigenvalue weighted by molar-refractivity contribution is 7.99. The van der Waals surface area contributed by atoms with Gasteiger partial charge in [0.2, 0.25) is 0 Å². The van der Waals surface area contributed by atoms with E-state index in [1.54, 1.807) is 7.11 Å². The van der Waals surface area contributed by atoms with E-state index in [2.05, 4.69) is 36.5 Å². The van der Waals surface area contributed by atoms with Gasteiger partial charge in [-0.2, -0.15) is 11.8 Å². The van der Waals surface area contributed by atoms with Crippen LogP contribution in [0.2, 0.25) is 0 Å². The third kappa shape index (κ3) is 3.13. The molecule has 0 aliphatic heterocycles. The van der Waals surface area contributed by atoms with Crippen LogP contribution in [-0.4, -0.2) is 29.6 Å². The number of thioether (sulfide) groups is 1. The van der Waals surface area contributed by atoms with Gasteiger partial charge in [-0.25, -0.2) is 4.98 Å². The van der Waals surface area contributed by atoms with Gasteiger partial charge in [0.25, 0.3) is 0 Å². The Labute approximate surface area is 118 Å². The largest absolute Gasteiger partial charge is 0.496 e. The van der Waals surface area contributed by atoms with Gasteiger partial charge in [-0.1, -0.05) is 12.1 Å². The van der Waals surface area contributed by atoms with Crippen molar-refractivity contribution in [2.75, 3.05) is 25.2 Å². The minimum atomic E-state index is 0.183. The summed E-state index contributed by atoms with van der Waals surface area (Å²) in [5.74, 6) is 1.80. The highest BCUT2D eigenvalue weighted by Gasteiger charge is 2.16. The molecule has 0 fully saturated rings. The lowest BCUT2D eigenvalue weighted by Crippen LogP contribution is -2.26. The Balaban J connectivity index is 2.34. The smallest absolute Gasteiger partial charge is 0.133 e. The molecule has 0 aliphatic carbocycles. The van der Waals surface area contributed by atoms with E-state index in [0.717, 1.165) is 28.9 Å². The van der Waals surface area contributed by atoms with Crippen LogP contribution < -0.4 is 10.1 Å². The number of hydrogen-bond donors (Lipinski definition) is 1. The molecule has 2 rings (SSSR count). The molecule has 0 radical (unpaired) electrons. The fourth-order valence-corrected chi connectivity index (χ4v) is 2.08. The van der Waals surface area contributed by atoms with Gasteiger partial charge in [0.15, 0.2) is 0 Å². The van der Waals surface area contributed by atoms with Gasteiger partial charge in [0.1, 0.15) is 11.6 Å². The van der Waals surface area contributed by atoms with Crippen LogP contribution in [0.5, 0.6) is 5.75 Å². The summed E-state index contributed by atoms with van der Waals surface area (Å²) < 4.78 is 5.57. The molecule has 0 bridgehead atoms. The average molecular weight is 276 g/mol. The minimum Gasteiger partial charge on any atom is -0.496 e. The van der Waals surface area contributed by atoms with Crippen LogP contribution in [0.15, 0.2) is 30.5 Å². The summed E-state index contributed by atoms with van der Waals surface area (Å²) in [6.45, 7) is 5.31. The van der Waals surface area contributed by atoms with Crippen molar-refractivity contribution in [2.24, 2.45) is 0 Å². The highest BCUT2D eigenvalue weighted by Crippen LogP contribution is 2.30. The molecule has 1 aromatic heterocycles. The molecule has 2 aromatic rings. The Hall–Kier alpha value is -1.42. The lowest BCUT2D eigenvalue weighted by molar-refractivity contribution is 0.420. The maximum Gasteiger partial charge on any atom is 0.133 e. The third-order valence-electron chi connectivity index (χ3n) is 3.22. The Morgan fingerprint density at radius 1 is 1.26 bits per heavy atom. The first-order chi connectivity index (χ1) is 9.07. The second-order valence-corrected chi connectivity index (χ2v) is 6.55. The molecule has 1 aromatic carbocycles. The maximum absolute atomic E-state index is 5.39. The first-order valence-corrected chi connectivity index (χ1v) is 7.50. The van der Waals surface area contributed by atoms with Crippen molar-refractivity contribution in [1.82, 2.24) is 4.98 Å². The van der Waals surface area contributed by atoms with Crippen molar-refractivity contribution in [1.29, 1.82) is 0 Å². The lowest BCUT2D eigenvalue weighted by Gasteiger charge is -2.23. The van der Waals surface area contributed by atoms with Crippen LogP contribution in [0.25, 0.3) is 10.8 Å². The number of anilines is 1. The van der Waals surface area contributed by atoms with Crippen LogP contribution >= 0.6 is 11.8 Å². The molecule has 1 heterocycles. The molecule has 0 unspecified atom stereocenters. The maximum atomic E-state index is 5.39. The molecule has 0 saturated heterocycles. The Morgan fingerprint density at radius 2 is 2.05 bits per heavy atom. The molecule has 0 saturated carbocycles. The van der Waals surface area contributed by atoms with Gasteiger partial charge in [-0.05, 0) is 32.2 Å². The molecule has 1 N–H and O–H groups in total. The highest BCUT2D eigenvalue weighted by atomic mass is 32.2. The summed E-state index contributed by atoms with van der Waals surface area (Å²) in [4.78, 5) is 4.44. The monoisotopic (exact) mass is 276 g/mol. The number of pyridine rings is 1. The van der Waals surface area contributed by atoms with Gasteiger partial charge >= 0.3 is 0 Å². The number of ether oxygens (including phenoxy) is 1. The van der Waals surface area contributed by atoms with Crippen molar-refractivity contribution in [2.45, 2.75) is 18.6 Å². The zero-order valence-corrected chi connectivity index (χ0v) is 12.7. The predicted molar refractivity (Wildman–Crippen MR) is 84.4 cm³/mol. The van der Waals surface area contributed by atoms with E-state index in [1.165, 1.54) is 0 Å². The zero-order chi connectivity index (χ0) is 13.9. The number of hydrogen-bond acceptors (Lipinski definition) is 4. The fourth-order valence-electron chi connectivity index (χ4n) is 1.87. The Morgan fingerprint density at radius 3 is 2.74 bits per heavy atom. The van der Waals surface area contributed by atoms with Crippen molar-refractivity contribution >= 4 is 28.4 Å². The number of nitrogens with zero attached hydrogens (tertiary/aromatic N) is 1. The van der Waals surface area contributed by atoms with E-state index in [-0.39, 0.29) is 4.75 Å². The molecule has 0 amide bonds. The second kappa shape index (κ2) is 5.70. The van der Waals surface area contributed by atoms with E-state index < -0.39 is 0 Å². The van der Waals surface area contributed by atoms with Gasteiger partial charge < -0.3 is 10.1 Å². The van der Waals surface area contributed by atoms with E-state index in [9.17, 15) is 0 Å². The van der Waals surface area contributed by atoms with Gasteiger partial charge in [-0.15, -0.1) is 0 Å². The fraction of sp³-hybridized carbons (Fsp3) is 0.400. The second-order valence-electron chi connectivity index (χ2n) is 5.03. The first-order valence-electron chi connectivity index (χ1n) is 6.28. The molecule has 0 aliphatic rings. The van der Waals surface area contributed by atoms with E-state index >= 15 is 0 Å². The number of benzene rings is 1. The summed E-state index contributed by atoms with van der Waals surface area (Å²) in [7, 11) is 1.69. The number of nitrogens with one attached hydrogen (secondary N) is 1. The SMILES string of the molecule is COc1cccc2c(NCC(C)(C)SC)nccc12. The van der Waals surface area contributed by atoms with E-state index in [4.69, 9.17) is 4.74 Å². The average Bonchev–Trinajstić information content (AvgIpc) is 2.44. The Bertz CT molecular complexity index is 569. The first kappa shape index (κ1) is 14.0. The quantitative estimate of drug-likeness (QED) is 0.900. The van der Waals surface area contributed by atoms with Crippen molar-refractivity contribution in [3.8, 4) is 5.75 Å². The molecule has 0 spiro atoms. The van der Waals surface area contributed by atoms with Crippen LogP contribution in [-0.2, 0) is 0 Å². The van der Waals surface area contributed by atoms with Gasteiger partial charge in [0.05, 0.1) is 7.11 Å². The standard InChI is InChI=1S/C15H20N2OS/c1-15(2,19-4)10-17-14-12-6-5-7-13(18-3)11(12)8-9-16-14/h5-9H,10H2,1-4H3,(H,16,17). The number of fused-ring (bicyclic) bond motifs is 1. The van der Waals surface area contributed by atoms with Crippen LogP contribution in [0.1, 0.15) is 13.8 Å². The molecule has 102 valence electrons. The van der Waals surface area contributed by atoms with Crippen LogP contribution in [0.4, 0.5) is 5.82 Å².